The van der Waals surface area contributed by atoms with Crippen LogP contribution < -0.4 is 20.9 Å². The van der Waals surface area contributed by atoms with Crippen molar-refractivity contribution in [3.63, 3.8) is 0 Å². The van der Waals surface area contributed by atoms with Gasteiger partial charge in [-0.25, -0.2) is 0 Å². The van der Waals surface area contributed by atoms with Gasteiger partial charge in [-0.3, -0.25) is 10.1 Å². The molecule has 0 aromatic heterocycles. The van der Waals surface area contributed by atoms with E-state index in [-0.39, 0.29) is 36.4 Å². The second-order valence-electron chi connectivity index (χ2n) is 3.29. The van der Waals surface area contributed by atoms with Gasteiger partial charge in [0.05, 0.1) is 22.8 Å². The van der Waals surface area contributed by atoms with E-state index in [2.05, 4.69) is 10.2 Å². The maximum Gasteiger partial charge on any atom is 0.282 e. The van der Waals surface area contributed by atoms with Crippen molar-refractivity contribution < 1.29 is 14.4 Å². The van der Waals surface area contributed by atoms with E-state index in [4.69, 9.17) is 20.9 Å². The minimum Gasteiger partial charge on any atom is -0.454 e. The Morgan fingerprint density at radius 3 is 2.58 bits per heavy atom. The molecule has 1 heterocycles. The molecule has 1 aromatic carbocycles. The van der Waals surface area contributed by atoms with Crippen molar-refractivity contribution in [1.82, 2.24) is 0 Å². The van der Waals surface area contributed by atoms with Gasteiger partial charge in [0.1, 0.15) is 0 Å². The smallest absolute Gasteiger partial charge is 0.282 e. The molecule has 0 saturated carbocycles. The molecule has 102 valence electrons. The molecule has 0 radical (unpaired) electrons. The molecule has 0 atom stereocenters. The quantitative estimate of drug-likeness (QED) is 0.356. The Morgan fingerprint density at radius 1 is 1.37 bits per heavy atom. The predicted molar refractivity (Wildman–Crippen MR) is 69.9 cm³/mol. The number of halogens is 1. The van der Waals surface area contributed by atoms with Gasteiger partial charge in [-0.1, -0.05) is 0 Å². The number of nitro benzene ring substituents is 1. The Balaban J connectivity index is 0.00000180. The van der Waals surface area contributed by atoms with E-state index in [0.29, 0.717) is 11.5 Å². The number of ether oxygens (including phenoxy) is 2. The lowest BCUT2D eigenvalue weighted by molar-refractivity contribution is -0.385. The average Bonchev–Trinajstić information content (AvgIpc) is 2.74. The topological polar surface area (TPSA) is 138 Å². The van der Waals surface area contributed by atoms with Crippen molar-refractivity contribution in [2.45, 2.75) is 0 Å². The summed E-state index contributed by atoms with van der Waals surface area (Å²) in [4.78, 5) is 10.3. The van der Waals surface area contributed by atoms with Crippen LogP contribution in [0.25, 0.3) is 0 Å². The number of guanidine groups is 1. The van der Waals surface area contributed by atoms with Crippen molar-refractivity contribution in [2.75, 3.05) is 6.79 Å². The van der Waals surface area contributed by atoms with Gasteiger partial charge in [0.2, 0.25) is 12.8 Å². The molecular formula is C9H10ClN5O4. The first kappa shape index (κ1) is 14.5. The van der Waals surface area contributed by atoms with E-state index in [1.165, 1.54) is 18.3 Å². The number of benzene rings is 1. The standard InChI is InChI=1S/C9H9N5O4.ClH/c10-9(11)13-12-3-5-1-7-8(18-4-17-7)2-6(5)14(15)16;/h1-3H,4H2,(H4,10,11,13);1H/b12-3+;. The summed E-state index contributed by atoms with van der Waals surface area (Å²) in [7, 11) is 0. The van der Waals surface area contributed by atoms with Crippen LogP contribution >= 0.6 is 12.4 Å². The van der Waals surface area contributed by atoms with Crippen LogP contribution in [-0.2, 0) is 0 Å². The third kappa shape index (κ3) is 3.22. The van der Waals surface area contributed by atoms with Crippen LogP contribution in [0, 0.1) is 10.1 Å². The van der Waals surface area contributed by atoms with Gasteiger partial charge in [0.25, 0.3) is 5.69 Å². The van der Waals surface area contributed by atoms with E-state index in [1.807, 2.05) is 0 Å². The fourth-order valence-electron chi connectivity index (χ4n) is 1.37. The van der Waals surface area contributed by atoms with Crippen LogP contribution in [0.3, 0.4) is 0 Å². The molecule has 4 N–H and O–H groups in total. The zero-order valence-corrected chi connectivity index (χ0v) is 10.3. The Labute approximate surface area is 113 Å². The Morgan fingerprint density at radius 2 is 2.00 bits per heavy atom. The second kappa shape index (κ2) is 5.87. The molecule has 2 rings (SSSR count). The minimum atomic E-state index is -0.557. The van der Waals surface area contributed by atoms with Gasteiger partial charge in [0.15, 0.2) is 11.5 Å². The van der Waals surface area contributed by atoms with Gasteiger partial charge < -0.3 is 20.9 Å². The molecule has 0 fully saturated rings. The maximum absolute atomic E-state index is 10.9. The number of nitro groups is 1. The number of nitrogens with two attached hydrogens (primary N) is 2. The van der Waals surface area contributed by atoms with E-state index < -0.39 is 4.92 Å². The summed E-state index contributed by atoms with van der Waals surface area (Å²) in [6.45, 7) is 0.0288. The Hall–Kier alpha value is -2.55. The number of hydrogen-bond acceptors (Lipinski definition) is 6. The fraction of sp³-hybridized carbons (Fsp3) is 0.111. The summed E-state index contributed by atoms with van der Waals surface area (Å²) in [6, 6.07) is 2.70. The molecule has 0 spiro atoms. The summed E-state index contributed by atoms with van der Waals surface area (Å²) in [6.07, 6.45) is 1.17. The Bertz CT molecular complexity index is 556. The molecule has 1 aromatic rings. The van der Waals surface area contributed by atoms with Gasteiger partial charge >= 0.3 is 0 Å². The van der Waals surface area contributed by atoms with Crippen LogP contribution in [0.5, 0.6) is 11.5 Å². The summed E-state index contributed by atoms with van der Waals surface area (Å²) < 4.78 is 10.2. The number of nitrogens with zero attached hydrogens (tertiary/aromatic N) is 3. The fourth-order valence-corrected chi connectivity index (χ4v) is 1.37. The SMILES string of the molecule is Cl.NC(N)=N/N=C/c1cc2c(cc1[N+](=O)[O-])OCO2. The molecule has 19 heavy (non-hydrogen) atoms. The highest BCUT2D eigenvalue weighted by Gasteiger charge is 2.22. The highest BCUT2D eigenvalue weighted by Crippen LogP contribution is 2.37. The molecule has 0 unspecified atom stereocenters. The van der Waals surface area contributed by atoms with Crippen molar-refractivity contribution in [3.05, 3.63) is 27.8 Å². The first-order chi connectivity index (χ1) is 8.58. The monoisotopic (exact) mass is 287 g/mol. The van der Waals surface area contributed by atoms with Crippen molar-refractivity contribution in [2.24, 2.45) is 21.7 Å². The predicted octanol–water partition coefficient (Wildman–Crippen LogP) is 0.353. The summed E-state index contributed by atoms with van der Waals surface area (Å²) in [5.74, 6) is 0.488. The third-order valence-electron chi connectivity index (χ3n) is 2.09. The Kier molecular flexibility index (Phi) is 4.48. The normalized spacial score (nSPS) is 12.0. The molecule has 10 heteroatoms. The number of rotatable bonds is 3. The van der Waals surface area contributed by atoms with E-state index in [9.17, 15) is 10.1 Å². The highest BCUT2D eigenvalue weighted by molar-refractivity contribution is 5.87. The van der Waals surface area contributed by atoms with E-state index in [0.717, 1.165) is 0 Å². The molecule has 0 saturated heterocycles. The van der Waals surface area contributed by atoms with Crippen molar-refractivity contribution >= 4 is 30.3 Å². The lowest BCUT2D eigenvalue weighted by Crippen LogP contribution is -2.21. The van der Waals surface area contributed by atoms with Crippen molar-refractivity contribution in [1.29, 1.82) is 0 Å². The lowest BCUT2D eigenvalue weighted by Gasteiger charge is -1.99. The minimum absolute atomic E-state index is 0. The molecule has 1 aliphatic heterocycles. The van der Waals surface area contributed by atoms with Crippen LogP contribution in [0.1, 0.15) is 5.56 Å². The molecule has 9 nitrogen and oxygen atoms in total. The van der Waals surface area contributed by atoms with Crippen LogP contribution in [0.4, 0.5) is 5.69 Å². The summed E-state index contributed by atoms with van der Waals surface area (Å²) in [5, 5.41) is 17.8. The van der Waals surface area contributed by atoms with Gasteiger partial charge in [-0.2, -0.15) is 5.10 Å². The maximum atomic E-state index is 10.9. The summed E-state index contributed by atoms with van der Waals surface area (Å²) >= 11 is 0. The second-order valence-corrected chi connectivity index (χ2v) is 3.29. The highest BCUT2D eigenvalue weighted by atomic mass is 35.5. The number of fused-ring (bicyclic) bond motifs is 1. The number of hydrogen-bond donors (Lipinski definition) is 2. The first-order valence-corrected chi connectivity index (χ1v) is 4.78. The molecule has 0 aliphatic carbocycles. The van der Waals surface area contributed by atoms with Crippen LogP contribution in [-0.4, -0.2) is 23.9 Å². The van der Waals surface area contributed by atoms with E-state index >= 15 is 0 Å². The molecular weight excluding hydrogens is 278 g/mol. The zero-order chi connectivity index (χ0) is 13.1. The largest absolute Gasteiger partial charge is 0.454 e. The lowest BCUT2D eigenvalue weighted by atomic mass is 10.1. The molecule has 0 bridgehead atoms. The molecule has 1 aliphatic rings. The molecule has 0 amide bonds. The van der Waals surface area contributed by atoms with E-state index in [1.54, 1.807) is 0 Å². The van der Waals surface area contributed by atoms with Gasteiger partial charge in [0, 0.05) is 0 Å². The third-order valence-corrected chi connectivity index (χ3v) is 2.09. The first-order valence-electron chi connectivity index (χ1n) is 4.78. The zero-order valence-electron chi connectivity index (χ0n) is 9.48. The van der Waals surface area contributed by atoms with Crippen molar-refractivity contribution in [3.8, 4) is 11.5 Å². The van der Waals surface area contributed by atoms with Gasteiger partial charge in [-0.05, 0) is 6.07 Å². The van der Waals surface area contributed by atoms with Crippen LogP contribution in [0.15, 0.2) is 22.3 Å². The summed E-state index contributed by atoms with van der Waals surface area (Å²) in [5.41, 5.74) is 10.2. The van der Waals surface area contributed by atoms with Crippen LogP contribution in [0.2, 0.25) is 0 Å². The average molecular weight is 288 g/mol. The van der Waals surface area contributed by atoms with Gasteiger partial charge in [-0.15, -0.1) is 17.5 Å².